The van der Waals surface area contributed by atoms with Gasteiger partial charge in [-0.1, -0.05) is 0 Å². The molecule has 1 saturated heterocycles. The minimum Gasteiger partial charge on any atom is -0.394 e. The number of urea groups is 1. The Labute approximate surface area is 101 Å². The zero-order valence-corrected chi connectivity index (χ0v) is 9.91. The Morgan fingerprint density at radius 1 is 1.41 bits per heavy atom. The van der Waals surface area contributed by atoms with E-state index in [1.54, 1.807) is 6.20 Å². The number of carbonyl (C=O) groups excluding carboxylic acids is 1. The number of hydrogen-bond donors (Lipinski definition) is 3. The molecule has 1 fully saturated rings. The van der Waals surface area contributed by atoms with Gasteiger partial charge in [-0.3, -0.25) is 0 Å². The summed E-state index contributed by atoms with van der Waals surface area (Å²) in [5.41, 5.74) is 1.20. The summed E-state index contributed by atoms with van der Waals surface area (Å²) >= 11 is 0. The first-order valence-corrected chi connectivity index (χ1v) is 5.81. The molecular formula is C11H20N2O4. The molecular weight excluding hydrogens is 224 g/mol. The second kappa shape index (κ2) is 8.98. The second-order valence-corrected chi connectivity index (χ2v) is 3.65. The fraction of sp³-hybridized carbons (Fsp3) is 0.727. The SMILES string of the molecule is O=C(NC=C1CCOCC1)NCCOCCO. The van der Waals surface area contributed by atoms with Gasteiger partial charge >= 0.3 is 6.03 Å². The maximum atomic E-state index is 11.3. The second-order valence-electron chi connectivity index (χ2n) is 3.65. The molecule has 1 rings (SSSR count). The van der Waals surface area contributed by atoms with Crippen LogP contribution in [0.25, 0.3) is 0 Å². The summed E-state index contributed by atoms with van der Waals surface area (Å²) in [7, 11) is 0. The van der Waals surface area contributed by atoms with E-state index in [1.807, 2.05) is 0 Å². The number of nitrogens with one attached hydrogen (secondary N) is 2. The molecule has 0 aromatic rings. The Bertz CT molecular complexity index is 248. The molecule has 6 heteroatoms. The van der Waals surface area contributed by atoms with E-state index in [2.05, 4.69) is 10.6 Å². The normalized spacial score (nSPS) is 15.5. The first kappa shape index (κ1) is 14.0. The quantitative estimate of drug-likeness (QED) is 0.574. The summed E-state index contributed by atoms with van der Waals surface area (Å²) in [4.78, 5) is 11.3. The highest BCUT2D eigenvalue weighted by Crippen LogP contribution is 2.11. The number of carbonyl (C=O) groups is 1. The van der Waals surface area contributed by atoms with E-state index < -0.39 is 0 Å². The maximum absolute atomic E-state index is 11.3. The Morgan fingerprint density at radius 2 is 2.18 bits per heavy atom. The lowest BCUT2D eigenvalue weighted by atomic mass is 10.1. The van der Waals surface area contributed by atoms with Gasteiger partial charge in [0.2, 0.25) is 0 Å². The number of aliphatic hydroxyl groups excluding tert-OH is 1. The lowest BCUT2D eigenvalue weighted by molar-refractivity contribution is 0.0947. The molecule has 0 radical (unpaired) electrons. The van der Waals surface area contributed by atoms with Gasteiger partial charge in [-0.05, 0) is 18.4 Å². The molecule has 1 aliphatic heterocycles. The van der Waals surface area contributed by atoms with E-state index >= 15 is 0 Å². The molecule has 2 amide bonds. The highest BCUT2D eigenvalue weighted by atomic mass is 16.5. The summed E-state index contributed by atoms with van der Waals surface area (Å²) in [6, 6.07) is -0.239. The highest BCUT2D eigenvalue weighted by Gasteiger charge is 2.05. The Hall–Kier alpha value is -1.11. The Balaban J connectivity index is 2.04. The van der Waals surface area contributed by atoms with Crippen molar-refractivity contribution in [2.45, 2.75) is 12.8 Å². The van der Waals surface area contributed by atoms with Gasteiger partial charge in [-0.2, -0.15) is 0 Å². The van der Waals surface area contributed by atoms with Crippen molar-refractivity contribution in [1.29, 1.82) is 0 Å². The van der Waals surface area contributed by atoms with Crippen molar-refractivity contribution in [3.63, 3.8) is 0 Å². The molecule has 1 heterocycles. The van der Waals surface area contributed by atoms with E-state index in [1.165, 1.54) is 5.57 Å². The van der Waals surface area contributed by atoms with Gasteiger partial charge < -0.3 is 25.2 Å². The zero-order valence-electron chi connectivity index (χ0n) is 9.91. The van der Waals surface area contributed by atoms with Crippen LogP contribution in [0.3, 0.4) is 0 Å². The van der Waals surface area contributed by atoms with Crippen LogP contribution in [0.1, 0.15) is 12.8 Å². The summed E-state index contributed by atoms with van der Waals surface area (Å²) in [6.45, 7) is 2.58. The van der Waals surface area contributed by atoms with Crippen LogP contribution in [-0.2, 0) is 9.47 Å². The number of hydrogen-bond acceptors (Lipinski definition) is 4. The smallest absolute Gasteiger partial charge is 0.318 e. The molecule has 0 atom stereocenters. The van der Waals surface area contributed by atoms with Gasteiger partial charge in [-0.25, -0.2) is 4.79 Å². The molecule has 0 aliphatic carbocycles. The van der Waals surface area contributed by atoms with E-state index in [4.69, 9.17) is 14.6 Å². The van der Waals surface area contributed by atoms with Crippen molar-refractivity contribution in [2.75, 3.05) is 39.6 Å². The molecule has 0 aromatic carbocycles. The first-order chi connectivity index (χ1) is 8.33. The van der Waals surface area contributed by atoms with Crippen LogP contribution in [0, 0.1) is 0 Å². The molecule has 0 spiro atoms. The lowest BCUT2D eigenvalue weighted by Crippen LogP contribution is -2.35. The molecule has 0 unspecified atom stereocenters. The van der Waals surface area contributed by atoms with Crippen LogP contribution in [0.2, 0.25) is 0 Å². The van der Waals surface area contributed by atoms with Gasteiger partial charge in [-0.15, -0.1) is 0 Å². The Morgan fingerprint density at radius 3 is 2.88 bits per heavy atom. The van der Waals surface area contributed by atoms with Crippen LogP contribution in [0.5, 0.6) is 0 Å². The summed E-state index contributed by atoms with van der Waals surface area (Å²) in [6.07, 6.45) is 3.49. The van der Waals surface area contributed by atoms with Crippen molar-refractivity contribution < 1.29 is 19.4 Å². The van der Waals surface area contributed by atoms with Gasteiger partial charge in [0.05, 0.1) is 33.0 Å². The zero-order chi connectivity index (χ0) is 12.3. The van der Waals surface area contributed by atoms with Gasteiger partial charge in [0.25, 0.3) is 0 Å². The fourth-order valence-electron chi connectivity index (χ4n) is 1.40. The molecule has 98 valence electrons. The Kier molecular flexibility index (Phi) is 7.37. The summed E-state index contributed by atoms with van der Waals surface area (Å²) in [5, 5.41) is 13.8. The average molecular weight is 244 g/mol. The van der Waals surface area contributed by atoms with Gasteiger partial charge in [0.1, 0.15) is 0 Å². The fourth-order valence-corrected chi connectivity index (χ4v) is 1.40. The number of rotatable bonds is 6. The van der Waals surface area contributed by atoms with Gasteiger partial charge in [0.15, 0.2) is 0 Å². The third-order valence-electron chi connectivity index (χ3n) is 2.31. The van der Waals surface area contributed by atoms with Crippen LogP contribution in [0.4, 0.5) is 4.79 Å². The van der Waals surface area contributed by atoms with E-state index in [0.29, 0.717) is 19.8 Å². The lowest BCUT2D eigenvalue weighted by Gasteiger charge is -2.14. The molecule has 3 N–H and O–H groups in total. The summed E-state index contributed by atoms with van der Waals surface area (Å²) < 4.78 is 10.2. The maximum Gasteiger partial charge on any atom is 0.318 e. The van der Waals surface area contributed by atoms with Gasteiger partial charge in [0, 0.05) is 12.7 Å². The third kappa shape index (κ3) is 6.93. The van der Waals surface area contributed by atoms with Crippen molar-refractivity contribution in [3.8, 4) is 0 Å². The van der Waals surface area contributed by atoms with Crippen molar-refractivity contribution in [3.05, 3.63) is 11.8 Å². The predicted octanol–water partition coefficient (Wildman–Crippen LogP) is -0.0112. The minimum absolute atomic E-state index is 0.000362. The topological polar surface area (TPSA) is 79.8 Å². The molecule has 0 bridgehead atoms. The summed E-state index contributed by atoms with van der Waals surface area (Å²) in [5.74, 6) is 0. The molecule has 17 heavy (non-hydrogen) atoms. The molecule has 1 aliphatic rings. The molecule has 0 saturated carbocycles. The number of amides is 2. The van der Waals surface area contributed by atoms with E-state index in [0.717, 1.165) is 26.1 Å². The van der Waals surface area contributed by atoms with Crippen LogP contribution < -0.4 is 10.6 Å². The predicted molar refractivity (Wildman–Crippen MR) is 62.6 cm³/mol. The van der Waals surface area contributed by atoms with Crippen LogP contribution in [0.15, 0.2) is 11.8 Å². The minimum atomic E-state index is -0.239. The van der Waals surface area contributed by atoms with Crippen molar-refractivity contribution in [1.82, 2.24) is 10.6 Å². The van der Waals surface area contributed by atoms with Crippen LogP contribution in [-0.4, -0.2) is 50.7 Å². The van der Waals surface area contributed by atoms with E-state index in [9.17, 15) is 4.79 Å². The first-order valence-electron chi connectivity index (χ1n) is 5.81. The number of ether oxygens (including phenoxy) is 2. The number of aliphatic hydroxyl groups is 1. The highest BCUT2D eigenvalue weighted by molar-refractivity contribution is 5.74. The van der Waals surface area contributed by atoms with Crippen LogP contribution >= 0.6 is 0 Å². The largest absolute Gasteiger partial charge is 0.394 e. The standard InChI is InChI=1S/C11H20N2O4/c14-4-8-17-7-3-12-11(15)13-9-10-1-5-16-6-2-10/h9,14H,1-8H2,(H2,12,13,15). The van der Waals surface area contributed by atoms with Crippen molar-refractivity contribution >= 4 is 6.03 Å². The van der Waals surface area contributed by atoms with Crippen molar-refractivity contribution in [2.24, 2.45) is 0 Å². The molecule has 6 nitrogen and oxygen atoms in total. The monoisotopic (exact) mass is 244 g/mol. The third-order valence-corrected chi connectivity index (χ3v) is 2.31. The van der Waals surface area contributed by atoms with E-state index in [-0.39, 0.29) is 12.6 Å². The molecule has 0 aromatic heterocycles. The average Bonchev–Trinajstić information content (AvgIpc) is 2.37.